The zero-order chi connectivity index (χ0) is 25.5. The molecule has 1 heterocycles. The number of rotatable bonds is 8. The minimum atomic E-state index is -0.277. The first-order chi connectivity index (χ1) is 16.8. The second-order valence-electron chi connectivity index (χ2n) is 9.36. The molecule has 0 radical (unpaired) electrons. The summed E-state index contributed by atoms with van der Waals surface area (Å²) in [5.74, 6) is -0.283. The van der Waals surface area contributed by atoms with Gasteiger partial charge in [-0.2, -0.15) is 0 Å². The number of carbonyl (C=O) groups excluding carboxylic acids is 1. The molecule has 35 heavy (non-hydrogen) atoms. The fourth-order valence-corrected chi connectivity index (χ4v) is 4.56. The van der Waals surface area contributed by atoms with Crippen molar-refractivity contribution in [3.05, 3.63) is 89.6 Å². The molecule has 0 spiro atoms. The van der Waals surface area contributed by atoms with E-state index in [1.807, 2.05) is 18.2 Å². The number of nitrogens with zero attached hydrogens (tertiary/aromatic N) is 1. The molecule has 0 bridgehead atoms. The van der Waals surface area contributed by atoms with Crippen molar-refractivity contribution in [1.29, 1.82) is 0 Å². The Labute approximate surface area is 209 Å². The van der Waals surface area contributed by atoms with Crippen molar-refractivity contribution in [2.45, 2.75) is 59.3 Å². The Balaban J connectivity index is 2.28. The van der Waals surface area contributed by atoms with Gasteiger partial charge in [-0.3, -0.25) is 9.78 Å². The quantitative estimate of drug-likeness (QED) is 0.287. The highest BCUT2D eigenvalue weighted by Gasteiger charge is 2.25. The van der Waals surface area contributed by atoms with Crippen LogP contribution in [-0.4, -0.2) is 17.6 Å². The van der Waals surface area contributed by atoms with Gasteiger partial charge < -0.3 is 4.74 Å². The van der Waals surface area contributed by atoms with E-state index in [0.717, 1.165) is 70.5 Å². The lowest BCUT2D eigenvalue weighted by molar-refractivity contribution is -0.141. The van der Waals surface area contributed by atoms with Gasteiger partial charge >= 0.3 is 5.97 Å². The Hall–Kier alpha value is -3.27. The van der Waals surface area contributed by atoms with Gasteiger partial charge in [0.25, 0.3) is 0 Å². The average molecular weight is 474 g/mol. The molecule has 0 aliphatic heterocycles. The summed E-state index contributed by atoms with van der Waals surface area (Å²) >= 11 is 0. The third-order valence-electron chi connectivity index (χ3n) is 6.47. The molecule has 0 fully saturated rings. The molecule has 0 unspecified atom stereocenters. The van der Waals surface area contributed by atoms with Gasteiger partial charge in [-0.05, 0) is 71.6 Å². The monoisotopic (exact) mass is 473 g/mol. The largest absolute Gasteiger partial charge is 0.465 e. The van der Waals surface area contributed by atoms with Crippen LogP contribution in [0.4, 0.5) is 4.39 Å². The second-order valence-corrected chi connectivity index (χ2v) is 9.36. The van der Waals surface area contributed by atoms with E-state index in [1.165, 1.54) is 19.1 Å². The van der Waals surface area contributed by atoms with Crippen LogP contribution in [0.1, 0.15) is 75.4 Å². The van der Waals surface area contributed by atoms with Gasteiger partial charge in [0, 0.05) is 18.4 Å². The number of carbonyl (C=O) groups is 1. The summed E-state index contributed by atoms with van der Waals surface area (Å²) in [6.45, 7) is 16.4. The summed E-state index contributed by atoms with van der Waals surface area (Å²) in [5, 5.41) is 0. The van der Waals surface area contributed by atoms with Crippen LogP contribution in [0.25, 0.3) is 22.8 Å². The van der Waals surface area contributed by atoms with Gasteiger partial charge in [0.2, 0.25) is 0 Å². The molecule has 2 aromatic rings. The number of allylic oxidation sites excluding steroid dienone is 4. The van der Waals surface area contributed by atoms with Crippen LogP contribution in [0.3, 0.4) is 0 Å². The summed E-state index contributed by atoms with van der Waals surface area (Å²) in [6.07, 6.45) is 11.6. The van der Waals surface area contributed by atoms with Crippen LogP contribution in [0, 0.1) is 11.7 Å². The summed E-state index contributed by atoms with van der Waals surface area (Å²) in [7, 11) is 0. The topological polar surface area (TPSA) is 39.2 Å². The first kappa shape index (κ1) is 26.3. The molecule has 1 aliphatic carbocycles. The maximum absolute atomic E-state index is 13.9. The molecule has 4 heteroatoms. The summed E-state index contributed by atoms with van der Waals surface area (Å²) in [5.41, 5.74) is 8.20. The molecule has 1 aromatic heterocycles. The number of hydrogen-bond donors (Lipinski definition) is 0. The molecular weight excluding hydrogens is 437 g/mol. The smallest absolute Gasteiger partial charge is 0.302 e. The van der Waals surface area contributed by atoms with Gasteiger partial charge in [0.05, 0.1) is 18.0 Å². The molecule has 0 saturated carbocycles. The zero-order valence-corrected chi connectivity index (χ0v) is 21.4. The Morgan fingerprint density at radius 3 is 2.54 bits per heavy atom. The molecular formula is C31H36FNO2. The second kappa shape index (κ2) is 11.9. The zero-order valence-electron chi connectivity index (χ0n) is 21.4. The Kier molecular flexibility index (Phi) is 8.97. The van der Waals surface area contributed by atoms with E-state index >= 15 is 0 Å². The molecule has 1 aromatic carbocycles. The molecule has 3 nitrogen and oxygen atoms in total. The lowest BCUT2D eigenvalue weighted by atomic mass is 9.86. The normalized spacial score (nSPS) is 15.8. The van der Waals surface area contributed by atoms with Crippen molar-refractivity contribution in [2.75, 3.05) is 6.61 Å². The lowest BCUT2D eigenvalue weighted by Crippen LogP contribution is -2.10. The van der Waals surface area contributed by atoms with Crippen molar-refractivity contribution < 1.29 is 13.9 Å². The predicted molar refractivity (Wildman–Crippen MR) is 143 cm³/mol. The van der Waals surface area contributed by atoms with Gasteiger partial charge in [-0.25, -0.2) is 4.39 Å². The van der Waals surface area contributed by atoms with Crippen molar-refractivity contribution >= 4 is 17.6 Å². The van der Waals surface area contributed by atoms with E-state index < -0.39 is 0 Å². The first-order valence-corrected chi connectivity index (χ1v) is 12.4. The summed E-state index contributed by atoms with van der Waals surface area (Å²) < 4.78 is 19.1. The lowest BCUT2D eigenvalue weighted by Gasteiger charge is -2.22. The van der Waals surface area contributed by atoms with Crippen LogP contribution in [0.2, 0.25) is 0 Å². The number of aromatic nitrogens is 1. The molecule has 1 atom stereocenters. The molecule has 1 aliphatic rings. The van der Waals surface area contributed by atoms with E-state index in [-0.39, 0.29) is 23.6 Å². The third kappa shape index (κ3) is 6.25. The van der Waals surface area contributed by atoms with E-state index in [9.17, 15) is 9.18 Å². The van der Waals surface area contributed by atoms with Crippen LogP contribution < -0.4 is 0 Å². The van der Waals surface area contributed by atoms with Crippen molar-refractivity contribution in [3.8, 4) is 11.1 Å². The van der Waals surface area contributed by atoms with Crippen LogP contribution in [-0.2, 0) is 16.0 Å². The minimum Gasteiger partial charge on any atom is -0.465 e. The van der Waals surface area contributed by atoms with E-state index in [2.05, 4.69) is 46.1 Å². The van der Waals surface area contributed by atoms with Crippen LogP contribution >= 0.6 is 0 Å². The number of halogens is 1. The number of pyridine rings is 1. The molecule has 0 saturated heterocycles. The highest BCUT2D eigenvalue weighted by Crippen LogP contribution is 2.41. The SMILES string of the molecule is C=C/C=C1/CCCc2c(nc(C(C)C)c(/C=C/[C@H](CC)COC(C)=O)c2-c2ccc(F)cc2)C1=C. The fourth-order valence-electron chi connectivity index (χ4n) is 4.56. The van der Waals surface area contributed by atoms with Crippen molar-refractivity contribution in [3.63, 3.8) is 0 Å². The Morgan fingerprint density at radius 1 is 1.23 bits per heavy atom. The van der Waals surface area contributed by atoms with Crippen molar-refractivity contribution in [1.82, 2.24) is 4.98 Å². The number of fused-ring (bicyclic) bond motifs is 1. The Morgan fingerprint density at radius 2 is 1.94 bits per heavy atom. The van der Waals surface area contributed by atoms with E-state index in [4.69, 9.17) is 9.72 Å². The number of benzene rings is 1. The van der Waals surface area contributed by atoms with E-state index in [1.54, 1.807) is 6.08 Å². The minimum absolute atomic E-state index is 0.0934. The number of esters is 1. The van der Waals surface area contributed by atoms with Crippen LogP contribution in [0.5, 0.6) is 0 Å². The van der Waals surface area contributed by atoms with Gasteiger partial charge in [-0.1, -0.05) is 70.4 Å². The summed E-state index contributed by atoms with van der Waals surface area (Å²) in [4.78, 5) is 16.5. The highest BCUT2D eigenvalue weighted by atomic mass is 19.1. The van der Waals surface area contributed by atoms with E-state index in [0.29, 0.717) is 6.61 Å². The number of hydrogen-bond acceptors (Lipinski definition) is 3. The van der Waals surface area contributed by atoms with Crippen LogP contribution in [0.15, 0.2) is 61.2 Å². The Bertz CT molecular complexity index is 1160. The molecule has 0 amide bonds. The average Bonchev–Trinajstić information content (AvgIpc) is 2.98. The summed E-state index contributed by atoms with van der Waals surface area (Å²) in [6, 6.07) is 6.71. The third-order valence-corrected chi connectivity index (χ3v) is 6.47. The van der Waals surface area contributed by atoms with Gasteiger partial charge in [0.15, 0.2) is 0 Å². The number of ether oxygens (including phenoxy) is 1. The highest BCUT2D eigenvalue weighted by molar-refractivity contribution is 5.87. The maximum atomic E-state index is 13.9. The fraction of sp³-hybridized carbons (Fsp3) is 0.355. The first-order valence-electron chi connectivity index (χ1n) is 12.4. The molecule has 3 rings (SSSR count). The van der Waals surface area contributed by atoms with Gasteiger partial charge in [-0.15, -0.1) is 0 Å². The predicted octanol–water partition coefficient (Wildman–Crippen LogP) is 8.08. The maximum Gasteiger partial charge on any atom is 0.302 e. The standard InChI is InChI=1S/C31H36FNO2/c1-7-10-24-11-9-12-27-29(25-14-16-26(32)17-15-25)28(18-13-23(8-2)19-35-22(6)34)30(20(3)4)33-31(27)21(24)5/h7,10,13-18,20,23H,1,5,8-9,11-12,19H2,2-4,6H3/b18-13+,24-10-/t23-/m0/s1. The van der Waals surface area contributed by atoms with Gasteiger partial charge in [0.1, 0.15) is 5.82 Å². The molecule has 184 valence electrons. The van der Waals surface area contributed by atoms with Crippen molar-refractivity contribution in [2.24, 2.45) is 5.92 Å². The molecule has 0 N–H and O–H groups in total.